The molecular formula is C15H17ClFNS. The van der Waals surface area contributed by atoms with E-state index in [9.17, 15) is 4.39 Å². The van der Waals surface area contributed by atoms with Gasteiger partial charge in [-0.3, -0.25) is 0 Å². The number of aryl methyl sites for hydroxylation is 1. The second kappa shape index (κ2) is 6.04. The summed E-state index contributed by atoms with van der Waals surface area (Å²) in [6.07, 6.45) is 0. The van der Waals surface area contributed by atoms with Crippen molar-refractivity contribution in [3.8, 4) is 0 Å². The third kappa shape index (κ3) is 3.56. The van der Waals surface area contributed by atoms with Gasteiger partial charge in [-0.2, -0.15) is 0 Å². The minimum Gasteiger partial charge on any atom is -0.303 e. The SMILES string of the molecule is Cc1ccc(C(C)NC(C)c2ccc(Cl)c(F)c2)s1. The van der Waals surface area contributed by atoms with Crippen molar-refractivity contribution in [2.75, 3.05) is 0 Å². The van der Waals surface area contributed by atoms with Crippen molar-refractivity contribution in [1.82, 2.24) is 5.32 Å². The van der Waals surface area contributed by atoms with E-state index in [1.165, 1.54) is 15.8 Å². The Kier molecular flexibility index (Phi) is 4.61. The molecule has 0 aliphatic rings. The lowest BCUT2D eigenvalue weighted by atomic mass is 10.1. The summed E-state index contributed by atoms with van der Waals surface area (Å²) in [7, 11) is 0. The monoisotopic (exact) mass is 297 g/mol. The first-order chi connectivity index (χ1) is 8.97. The molecule has 19 heavy (non-hydrogen) atoms. The molecule has 0 spiro atoms. The number of halogens is 2. The van der Waals surface area contributed by atoms with Crippen LogP contribution in [-0.4, -0.2) is 0 Å². The molecule has 0 amide bonds. The molecule has 0 radical (unpaired) electrons. The summed E-state index contributed by atoms with van der Waals surface area (Å²) in [6, 6.07) is 9.51. The Labute approximate surface area is 122 Å². The molecule has 0 saturated carbocycles. The lowest BCUT2D eigenvalue weighted by Crippen LogP contribution is -2.21. The number of hydrogen-bond acceptors (Lipinski definition) is 2. The maximum absolute atomic E-state index is 13.4. The fourth-order valence-electron chi connectivity index (χ4n) is 2.02. The van der Waals surface area contributed by atoms with Crippen LogP contribution in [0.15, 0.2) is 30.3 Å². The van der Waals surface area contributed by atoms with Crippen molar-refractivity contribution >= 4 is 22.9 Å². The lowest BCUT2D eigenvalue weighted by Gasteiger charge is -2.19. The van der Waals surface area contributed by atoms with Gasteiger partial charge in [-0.15, -0.1) is 11.3 Å². The van der Waals surface area contributed by atoms with Crippen LogP contribution in [0.3, 0.4) is 0 Å². The number of hydrogen-bond donors (Lipinski definition) is 1. The van der Waals surface area contributed by atoms with E-state index >= 15 is 0 Å². The summed E-state index contributed by atoms with van der Waals surface area (Å²) in [6.45, 7) is 6.24. The zero-order valence-corrected chi connectivity index (χ0v) is 12.8. The van der Waals surface area contributed by atoms with Gasteiger partial charge in [0.2, 0.25) is 0 Å². The maximum atomic E-state index is 13.4. The standard InChI is InChI=1S/C15H17ClFNS/c1-9-4-7-15(19-9)11(3)18-10(2)12-5-6-13(16)14(17)8-12/h4-8,10-11,18H,1-3H3. The molecule has 2 atom stereocenters. The molecule has 0 aliphatic heterocycles. The predicted octanol–water partition coefficient (Wildman–Crippen LogP) is 5.26. The third-order valence-corrected chi connectivity index (χ3v) is 4.62. The summed E-state index contributed by atoms with van der Waals surface area (Å²) in [5, 5.41) is 3.64. The Hall–Kier alpha value is -0.900. The minimum absolute atomic E-state index is 0.0733. The van der Waals surface area contributed by atoms with Gasteiger partial charge in [0.15, 0.2) is 0 Å². The normalized spacial score (nSPS) is 14.4. The molecule has 1 nitrogen and oxygen atoms in total. The predicted molar refractivity (Wildman–Crippen MR) is 80.4 cm³/mol. The quantitative estimate of drug-likeness (QED) is 0.811. The average Bonchev–Trinajstić information content (AvgIpc) is 2.79. The van der Waals surface area contributed by atoms with Gasteiger partial charge in [-0.1, -0.05) is 17.7 Å². The van der Waals surface area contributed by atoms with Gasteiger partial charge in [0.25, 0.3) is 0 Å². The van der Waals surface area contributed by atoms with Crippen molar-refractivity contribution in [3.05, 3.63) is 56.5 Å². The molecule has 4 heteroatoms. The Morgan fingerprint density at radius 3 is 2.47 bits per heavy atom. The molecule has 2 rings (SSSR count). The van der Waals surface area contributed by atoms with Crippen LogP contribution in [0.4, 0.5) is 4.39 Å². The molecule has 102 valence electrons. The van der Waals surface area contributed by atoms with Crippen LogP contribution < -0.4 is 5.32 Å². The second-order valence-corrected chi connectivity index (χ2v) is 6.46. The van der Waals surface area contributed by atoms with Gasteiger partial charge < -0.3 is 5.32 Å². The van der Waals surface area contributed by atoms with Gasteiger partial charge in [0, 0.05) is 21.8 Å². The van der Waals surface area contributed by atoms with Crippen LogP contribution in [0.25, 0.3) is 0 Å². The fraction of sp³-hybridized carbons (Fsp3) is 0.333. The van der Waals surface area contributed by atoms with E-state index in [1.54, 1.807) is 17.4 Å². The molecule has 0 fully saturated rings. The van der Waals surface area contributed by atoms with Crippen LogP contribution in [0, 0.1) is 12.7 Å². The molecule has 0 aliphatic carbocycles. The van der Waals surface area contributed by atoms with E-state index in [0.717, 1.165) is 5.56 Å². The van der Waals surface area contributed by atoms with Crippen molar-refractivity contribution in [2.45, 2.75) is 32.9 Å². The summed E-state index contributed by atoms with van der Waals surface area (Å²) in [4.78, 5) is 2.59. The summed E-state index contributed by atoms with van der Waals surface area (Å²) in [5.41, 5.74) is 0.905. The topological polar surface area (TPSA) is 12.0 Å². The maximum Gasteiger partial charge on any atom is 0.142 e. The highest BCUT2D eigenvalue weighted by atomic mass is 35.5. The Morgan fingerprint density at radius 1 is 1.16 bits per heavy atom. The molecule has 1 aromatic carbocycles. The molecule has 1 N–H and O–H groups in total. The minimum atomic E-state index is -0.368. The molecule has 2 unspecified atom stereocenters. The Balaban J connectivity index is 2.07. The van der Waals surface area contributed by atoms with Gasteiger partial charge in [-0.25, -0.2) is 4.39 Å². The molecule has 0 saturated heterocycles. The van der Waals surface area contributed by atoms with E-state index in [2.05, 4.69) is 31.3 Å². The Morgan fingerprint density at radius 2 is 1.89 bits per heavy atom. The number of nitrogens with one attached hydrogen (secondary N) is 1. The third-order valence-electron chi connectivity index (χ3n) is 3.13. The average molecular weight is 298 g/mol. The van der Waals surface area contributed by atoms with Crippen LogP contribution in [0.1, 0.15) is 41.2 Å². The zero-order valence-electron chi connectivity index (χ0n) is 11.2. The Bertz CT molecular complexity index is 567. The van der Waals surface area contributed by atoms with E-state index in [-0.39, 0.29) is 22.9 Å². The first-order valence-electron chi connectivity index (χ1n) is 6.24. The highest BCUT2D eigenvalue weighted by molar-refractivity contribution is 7.12. The van der Waals surface area contributed by atoms with Gasteiger partial charge in [0.05, 0.1) is 5.02 Å². The van der Waals surface area contributed by atoms with Crippen LogP contribution in [0.5, 0.6) is 0 Å². The largest absolute Gasteiger partial charge is 0.303 e. The van der Waals surface area contributed by atoms with Crippen molar-refractivity contribution < 1.29 is 4.39 Å². The van der Waals surface area contributed by atoms with Crippen LogP contribution >= 0.6 is 22.9 Å². The van der Waals surface area contributed by atoms with Gasteiger partial charge >= 0.3 is 0 Å². The smallest absolute Gasteiger partial charge is 0.142 e. The van der Waals surface area contributed by atoms with Crippen LogP contribution in [-0.2, 0) is 0 Å². The first kappa shape index (κ1) is 14.5. The molecule has 1 heterocycles. The van der Waals surface area contributed by atoms with E-state index in [0.29, 0.717) is 0 Å². The number of benzene rings is 1. The molecular weight excluding hydrogens is 281 g/mol. The summed E-state index contributed by atoms with van der Waals surface area (Å²) in [5.74, 6) is -0.368. The first-order valence-corrected chi connectivity index (χ1v) is 7.44. The van der Waals surface area contributed by atoms with Gasteiger partial charge in [0.1, 0.15) is 5.82 Å². The van der Waals surface area contributed by atoms with E-state index in [1.807, 2.05) is 13.0 Å². The summed E-state index contributed by atoms with van der Waals surface area (Å²) >= 11 is 7.48. The van der Waals surface area contributed by atoms with Crippen molar-refractivity contribution in [3.63, 3.8) is 0 Å². The zero-order chi connectivity index (χ0) is 14.0. The van der Waals surface area contributed by atoms with E-state index in [4.69, 9.17) is 11.6 Å². The molecule has 1 aromatic heterocycles. The highest BCUT2D eigenvalue weighted by Gasteiger charge is 2.13. The molecule has 0 bridgehead atoms. The van der Waals surface area contributed by atoms with Crippen LogP contribution in [0.2, 0.25) is 5.02 Å². The number of thiophene rings is 1. The second-order valence-electron chi connectivity index (χ2n) is 4.73. The van der Waals surface area contributed by atoms with Crippen molar-refractivity contribution in [1.29, 1.82) is 0 Å². The van der Waals surface area contributed by atoms with Gasteiger partial charge in [-0.05, 0) is 50.6 Å². The fourth-order valence-corrected chi connectivity index (χ4v) is 3.03. The van der Waals surface area contributed by atoms with Crippen molar-refractivity contribution in [2.24, 2.45) is 0 Å². The lowest BCUT2D eigenvalue weighted by molar-refractivity contribution is 0.497. The summed E-state index contributed by atoms with van der Waals surface area (Å²) < 4.78 is 13.4. The number of rotatable bonds is 4. The highest BCUT2D eigenvalue weighted by Crippen LogP contribution is 2.26. The molecule has 2 aromatic rings. The van der Waals surface area contributed by atoms with E-state index < -0.39 is 0 Å².